The molecule has 0 aromatic rings. The molecule has 1 fully saturated rings. The number of ether oxygens (including phenoxy) is 1. The van der Waals surface area contributed by atoms with Crippen molar-refractivity contribution in [3.63, 3.8) is 0 Å². The molecule has 0 aromatic heterocycles. The summed E-state index contributed by atoms with van der Waals surface area (Å²) in [5.41, 5.74) is -0.166. The van der Waals surface area contributed by atoms with Crippen LogP contribution in [0, 0.1) is 11.3 Å². The standard InChI is InChI=1S/C12H20O3/c1-4-5-7-12(2)8-6-9(13)10(12)11(14)15-3/h10H,4-8H2,1-3H3/t10?,12-/m0/s1. The summed E-state index contributed by atoms with van der Waals surface area (Å²) in [6.07, 6.45) is 4.45. The van der Waals surface area contributed by atoms with E-state index in [0.29, 0.717) is 6.42 Å². The Balaban J connectivity index is 2.78. The normalized spacial score (nSPS) is 30.6. The minimum Gasteiger partial charge on any atom is -0.468 e. The van der Waals surface area contributed by atoms with Gasteiger partial charge in [-0.15, -0.1) is 0 Å². The van der Waals surface area contributed by atoms with Crippen molar-refractivity contribution in [1.82, 2.24) is 0 Å². The summed E-state index contributed by atoms with van der Waals surface area (Å²) in [4.78, 5) is 23.2. The molecule has 0 spiro atoms. The Morgan fingerprint density at radius 2 is 2.27 bits per heavy atom. The second-order valence-electron chi connectivity index (χ2n) is 4.68. The van der Waals surface area contributed by atoms with Gasteiger partial charge in [0.1, 0.15) is 11.7 Å². The van der Waals surface area contributed by atoms with Gasteiger partial charge < -0.3 is 4.74 Å². The number of Topliss-reactive ketones (excluding diaryl/α,β-unsaturated/α-hetero) is 1. The average molecular weight is 212 g/mol. The lowest BCUT2D eigenvalue weighted by atomic mass is 9.75. The Labute approximate surface area is 91.2 Å². The van der Waals surface area contributed by atoms with Gasteiger partial charge >= 0.3 is 5.97 Å². The Morgan fingerprint density at radius 3 is 2.80 bits per heavy atom. The van der Waals surface area contributed by atoms with Crippen LogP contribution in [0.2, 0.25) is 0 Å². The van der Waals surface area contributed by atoms with Gasteiger partial charge in [-0.05, 0) is 18.3 Å². The van der Waals surface area contributed by atoms with Gasteiger partial charge in [0.25, 0.3) is 0 Å². The van der Waals surface area contributed by atoms with Crippen LogP contribution in [-0.2, 0) is 14.3 Å². The number of ketones is 1. The first-order chi connectivity index (χ1) is 7.05. The highest BCUT2D eigenvalue weighted by molar-refractivity contribution is 6.01. The number of methoxy groups -OCH3 is 1. The number of hydrogen-bond donors (Lipinski definition) is 0. The third-order valence-corrected chi connectivity index (χ3v) is 3.50. The molecule has 0 aliphatic heterocycles. The molecule has 1 unspecified atom stereocenters. The molecule has 1 rings (SSSR count). The molecule has 1 aliphatic carbocycles. The van der Waals surface area contributed by atoms with Crippen molar-refractivity contribution in [3.05, 3.63) is 0 Å². The molecule has 1 aliphatic rings. The lowest BCUT2D eigenvalue weighted by Crippen LogP contribution is -2.33. The molecule has 86 valence electrons. The van der Waals surface area contributed by atoms with E-state index in [1.165, 1.54) is 7.11 Å². The Morgan fingerprint density at radius 1 is 1.60 bits per heavy atom. The lowest BCUT2D eigenvalue weighted by molar-refractivity contribution is -0.152. The molecule has 0 aromatic carbocycles. The maximum atomic E-state index is 11.7. The molecule has 3 nitrogen and oxygen atoms in total. The third kappa shape index (κ3) is 2.39. The molecule has 3 heteroatoms. The van der Waals surface area contributed by atoms with E-state index >= 15 is 0 Å². The molecule has 15 heavy (non-hydrogen) atoms. The van der Waals surface area contributed by atoms with Crippen LogP contribution in [-0.4, -0.2) is 18.9 Å². The number of hydrogen-bond acceptors (Lipinski definition) is 3. The number of unbranched alkanes of at least 4 members (excludes halogenated alkanes) is 1. The van der Waals surface area contributed by atoms with Crippen LogP contribution in [0.15, 0.2) is 0 Å². The van der Waals surface area contributed by atoms with Crippen molar-refractivity contribution >= 4 is 11.8 Å². The van der Waals surface area contributed by atoms with Crippen LogP contribution < -0.4 is 0 Å². The zero-order chi connectivity index (χ0) is 11.5. The zero-order valence-electron chi connectivity index (χ0n) is 9.84. The molecule has 0 bridgehead atoms. The molecule has 0 radical (unpaired) electrons. The summed E-state index contributed by atoms with van der Waals surface area (Å²) in [5.74, 6) is -0.814. The van der Waals surface area contributed by atoms with E-state index in [9.17, 15) is 9.59 Å². The van der Waals surface area contributed by atoms with Gasteiger partial charge in [-0.25, -0.2) is 0 Å². The Hall–Kier alpha value is -0.860. The quantitative estimate of drug-likeness (QED) is 0.530. The van der Waals surface area contributed by atoms with Gasteiger partial charge in [0, 0.05) is 6.42 Å². The third-order valence-electron chi connectivity index (χ3n) is 3.50. The molecular formula is C12H20O3. The van der Waals surface area contributed by atoms with E-state index in [1.807, 2.05) is 6.92 Å². The van der Waals surface area contributed by atoms with E-state index in [-0.39, 0.29) is 17.2 Å². The molecule has 2 atom stereocenters. The highest BCUT2D eigenvalue weighted by Crippen LogP contribution is 2.45. The summed E-state index contributed by atoms with van der Waals surface area (Å²) >= 11 is 0. The SMILES string of the molecule is CCCC[C@@]1(C)CCC(=O)C1C(=O)OC. The minimum absolute atomic E-state index is 0.0560. The van der Waals surface area contributed by atoms with Gasteiger partial charge in [-0.2, -0.15) is 0 Å². The van der Waals surface area contributed by atoms with Crippen molar-refractivity contribution in [2.75, 3.05) is 7.11 Å². The first-order valence-corrected chi connectivity index (χ1v) is 5.65. The zero-order valence-corrected chi connectivity index (χ0v) is 9.84. The fraction of sp³-hybridized carbons (Fsp3) is 0.833. The van der Waals surface area contributed by atoms with Crippen molar-refractivity contribution in [2.45, 2.75) is 46.0 Å². The topological polar surface area (TPSA) is 43.4 Å². The predicted molar refractivity (Wildman–Crippen MR) is 57.4 cm³/mol. The maximum Gasteiger partial charge on any atom is 0.316 e. The van der Waals surface area contributed by atoms with Crippen molar-refractivity contribution in [2.24, 2.45) is 11.3 Å². The molecule has 0 saturated heterocycles. The van der Waals surface area contributed by atoms with Crippen molar-refractivity contribution in [3.8, 4) is 0 Å². The van der Waals surface area contributed by atoms with Gasteiger partial charge in [-0.3, -0.25) is 9.59 Å². The second-order valence-corrected chi connectivity index (χ2v) is 4.68. The van der Waals surface area contributed by atoms with Crippen LogP contribution >= 0.6 is 0 Å². The van der Waals surface area contributed by atoms with Gasteiger partial charge in [0.2, 0.25) is 0 Å². The molecule has 0 heterocycles. The van der Waals surface area contributed by atoms with E-state index in [4.69, 9.17) is 4.74 Å². The van der Waals surface area contributed by atoms with Crippen LogP contribution in [0.3, 0.4) is 0 Å². The van der Waals surface area contributed by atoms with E-state index in [0.717, 1.165) is 25.7 Å². The summed E-state index contributed by atoms with van der Waals surface area (Å²) < 4.78 is 4.72. The highest BCUT2D eigenvalue weighted by atomic mass is 16.5. The number of carbonyl (C=O) groups is 2. The molecular weight excluding hydrogens is 192 g/mol. The van der Waals surface area contributed by atoms with Gasteiger partial charge in [-0.1, -0.05) is 26.7 Å². The largest absolute Gasteiger partial charge is 0.468 e. The van der Waals surface area contributed by atoms with E-state index in [2.05, 4.69) is 6.92 Å². The summed E-state index contributed by atoms with van der Waals surface area (Å²) in [6, 6.07) is 0. The first-order valence-electron chi connectivity index (χ1n) is 5.65. The summed E-state index contributed by atoms with van der Waals surface area (Å²) in [6.45, 7) is 4.16. The minimum atomic E-state index is -0.519. The summed E-state index contributed by atoms with van der Waals surface area (Å²) in [5, 5.41) is 0. The number of esters is 1. The van der Waals surface area contributed by atoms with Crippen molar-refractivity contribution in [1.29, 1.82) is 0 Å². The fourth-order valence-corrected chi connectivity index (χ4v) is 2.47. The highest BCUT2D eigenvalue weighted by Gasteiger charge is 2.48. The van der Waals surface area contributed by atoms with E-state index < -0.39 is 5.92 Å². The fourth-order valence-electron chi connectivity index (χ4n) is 2.47. The number of rotatable bonds is 4. The monoisotopic (exact) mass is 212 g/mol. The van der Waals surface area contributed by atoms with Gasteiger partial charge in [0.15, 0.2) is 0 Å². The molecule has 0 amide bonds. The van der Waals surface area contributed by atoms with E-state index in [1.54, 1.807) is 0 Å². The smallest absolute Gasteiger partial charge is 0.316 e. The van der Waals surface area contributed by atoms with Crippen LogP contribution in [0.4, 0.5) is 0 Å². The van der Waals surface area contributed by atoms with Crippen molar-refractivity contribution < 1.29 is 14.3 Å². The lowest BCUT2D eigenvalue weighted by Gasteiger charge is -2.28. The molecule has 0 N–H and O–H groups in total. The van der Waals surface area contributed by atoms with Crippen LogP contribution in [0.5, 0.6) is 0 Å². The first kappa shape index (κ1) is 12.2. The Kier molecular flexibility index (Phi) is 3.89. The predicted octanol–water partition coefficient (Wildman–Crippen LogP) is 2.33. The number of carbonyl (C=O) groups excluding carboxylic acids is 2. The maximum absolute atomic E-state index is 11.7. The molecule has 1 saturated carbocycles. The van der Waals surface area contributed by atoms with Gasteiger partial charge in [0.05, 0.1) is 7.11 Å². The summed E-state index contributed by atoms with van der Waals surface area (Å²) in [7, 11) is 1.36. The van der Waals surface area contributed by atoms with Crippen LogP contribution in [0.25, 0.3) is 0 Å². The second kappa shape index (κ2) is 4.77. The van der Waals surface area contributed by atoms with Crippen LogP contribution in [0.1, 0.15) is 46.0 Å². The Bertz CT molecular complexity index is 260. The average Bonchev–Trinajstić information content (AvgIpc) is 2.52.